The van der Waals surface area contributed by atoms with Gasteiger partial charge in [0, 0.05) is 24.2 Å². The molecule has 0 N–H and O–H groups in total. The fraction of sp³-hybridized carbons (Fsp3) is 0.150. The zero-order valence-electron chi connectivity index (χ0n) is 14.0. The second kappa shape index (κ2) is 6.29. The van der Waals surface area contributed by atoms with Gasteiger partial charge in [-0.2, -0.15) is 0 Å². The van der Waals surface area contributed by atoms with E-state index in [0.29, 0.717) is 29.1 Å². The smallest absolute Gasteiger partial charge is 0.233 e. The molecule has 2 aromatic heterocycles. The minimum atomic E-state index is -0.915. The highest BCUT2D eigenvalue weighted by Crippen LogP contribution is 2.33. The van der Waals surface area contributed by atoms with Crippen molar-refractivity contribution in [2.24, 2.45) is 0 Å². The van der Waals surface area contributed by atoms with E-state index in [1.807, 2.05) is 13.0 Å². The number of carbonyl (C=O) groups excluding carboxylic acids is 1. The number of rotatable bonds is 3. The van der Waals surface area contributed by atoms with Crippen LogP contribution in [0, 0.1) is 18.6 Å². The molecule has 1 aliphatic rings. The Labute approximate surface area is 149 Å². The standard InChI is InChI=1S/C20H15F2N3O/c1-12-4-5-23-9-15(12)11-25-19-7-14(10-24-18(19)8-20(25)26)13-2-3-16(21)17(22)6-13/h2-7,9-10H,8,11H2,1H3. The fourth-order valence-corrected chi connectivity index (χ4v) is 3.06. The maximum Gasteiger partial charge on any atom is 0.233 e. The van der Waals surface area contributed by atoms with Gasteiger partial charge in [0.25, 0.3) is 0 Å². The SMILES string of the molecule is Cc1ccncc1CN1C(=O)Cc2ncc(-c3ccc(F)c(F)c3)cc21. The molecule has 0 fully saturated rings. The molecule has 0 spiro atoms. The number of benzene rings is 1. The molecule has 0 saturated carbocycles. The topological polar surface area (TPSA) is 46.1 Å². The Kier molecular flexibility index (Phi) is 3.95. The van der Waals surface area contributed by atoms with Crippen LogP contribution in [-0.4, -0.2) is 15.9 Å². The van der Waals surface area contributed by atoms with E-state index in [0.717, 1.165) is 23.3 Å². The molecule has 0 aliphatic carbocycles. The van der Waals surface area contributed by atoms with Crippen molar-refractivity contribution in [2.45, 2.75) is 19.9 Å². The molecule has 0 saturated heterocycles. The van der Waals surface area contributed by atoms with Gasteiger partial charge in [0.2, 0.25) is 5.91 Å². The molecule has 130 valence electrons. The molecule has 1 aromatic carbocycles. The summed E-state index contributed by atoms with van der Waals surface area (Å²) in [5, 5.41) is 0. The van der Waals surface area contributed by atoms with Crippen molar-refractivity contribution in [1.82, 2.24) is 9.97 Å². The number of hydrogen-bond acceptors (Lipinski definition) is 3. The van der Waals surface area contributed by atoms with Crippen molar-refractivity contribution in [3.8, 4) is 11.1 Å². The first-order valence-electron chi connectivity index (χ1n) is 8.17. The minimum absolute atomic E-state index is 0.0433. The van der Waals surface area contributed by atoms with E-state index in [9.17, 15) is 13.6 Å². The van der Waals surface area contributed by atoms with Crippen LogP contribution in [0.25, 0.3) is 11.1 Å². The van der Waals surface area contributed by atoms with Gasteiger partial charge >= 0.3 is 0 Å². The van der Waals surface area contributed by atoms with Crippen LogP contribution < -0.4 is 4.90 Å². The average molecular weight is 351 g/mol. The quantitative estimate of drug-likeness (QED) is 0.721. The van der Waals surface area contributed by atoms with Crippen molar-refractivity contribution < 1.29 is 13.6 Å². The number of carbonyl (C=O) groups is 1. The molecule has 0 atom stereocenters. The zero-order valence-corrected chi connectivity index (χ0v) is 14.0. The zero-order chi connectivity index (χ0) is 18.3. The lowest BCUT2D eigenvalue weighted by Gasteiger charge is -2.19. The third-order valence-electron chi connectivity index (χ3n) is 4.59. The Bertz CT molecular complexity index is 1020. The highest BCUT2D eigenvalue weighted by atomic mass is 19.2. The van der Waals surface area contributed by atoms with Crippen LogP contribution in [0.2, 0.25) is 0 Å². The number of fused-ring (bicyclic) bond motifs is 1. The van der Waals surface area contributed by atoms with Crippen LogP contribution in [0.1, 0.15) is 16.8 Å². The van der Waals surface area contributed by atoms with Crippen molar-refractivity contribution in [1.29, 1.82) is 0 Å². The number of aryl methyl sites for hydroxylation is 1. The summed E-state index contributed by atoms with van der Waals surface area (Å²) >= 11 is 0. The summed E-state index contributed by atoms with van der Waals surface area (Å²) in [5.41, 5.74) is 4.52. The number of anilines is 1. The van der Waals surface area contributed by atoms with Crippen LogP contribution in [0.3, 0.4) is 0 Å². The van der Waals surface area contributed by atoms with Gasteiger partial charge in [0.1, 0.15) is 0 Å². The Morgan fingerprint density at radius 3 is 2.69 bits per heavy atom. The molecular weight excluding hydrogens is 336 g/mol. The number of nitrogens with zero attached hydrogens (tertiary/aromatic N) is 3. The van der Waals surface area contributed by atoms with Crippen molar-refractivity contribution >= 4 is 11.6 Å². The van der Waals surface area contributed by atoms with Crippen molar-refractivity contribution in [3.05, 3.63) is 77.4 Å². The van der Waals surface area contributed by atoms with Gasteiger partial charge in [-0.05, 0) is 47.9 Å². The summed E-state index contributed by atoms with van der Waals surface area (Å²) in [4.78, 5) is 22.6. The molecule has 1 amide bonds. The first-order chi connectivity index (χ1) is 12.5. The Morgan fingerprint density at radius 1 is 1.08 bits per heavy atom. The summed E-state index contributed by atoms with van der Waals surface area (Å²) in [5.74, 6) is -1.85. The molecule has 0 unspecified atom stereocenters. The first-order valence-corrected chi connectivity index (χ1v) is 8.17. The summed E-state index contributed by atoms with van der Waals surface area (Å²) in [7, 11) is 0. The molecule has 0 radical (unpaired) electrons. The average Bonchev–Trinajstić information content (AvgIpc) is 2.94. The van der Waals surface area contributed by atoms with Crippen molar-refractivity contribution in [2.75, 3.05) is 4.90 Å². The minimum Gasteiger partial charge on any atom is -0.306 e. The fourth-order valence-electron chi connectivity index (χ4n) is 3.06. The molecule has 0 bridgehead atoms. The number of aromatic nitrogens is 2. The summed E-state index contributed by atoms with van der Waals surface area (Å²) in [6.45, 7) is 2.36. The highest BCUT2D eigenvalue weighted by Gasteiger charge is 2.29. The molecule has 1 aliphatic heterocycles. The number of amides is 1. The van der Waals surface area contributed by atoms with Gasteiger partial charge in [-0.1, -0.05) is 6.07 Å². The lowest BCUT2D eigenvalue weighted by Crippen LogP contribution is -2.26. The summed E-state index contributed by atoms with van der Waals surface area (Å²) < 4.78 is 26.7. The van der Waals surface area contributed by atoms with Gasteiger partial charge in [-0.25, -0.2) is 8.78 Å². The summed E-state index contributed by atoms with van der Waals surface area (Å²) in [6, 6.07) is 7.40. The van der Waals surface area contributed by atoms with E-state index in [1.54, 1.807) is 29.6 Å². The third kappa shape index (κ3) is 2.83. The van der Waals surface area contributed by atoms with E-state index in [4.69, 9.17) is 0 Å². The van der Waals surface area contributed by atoms with Gasteiger partial charge in [-0.3, -0.25) is 14.8 Å². The Morgan fingerprint density at radius 2 is 1.92 bits per heavy atom. The van der Waals surface area contributed by atoms with Gasteiger partial charge in [-0.15, -0.1) is 0 Å². The predicted molar refractivity (Wildman–Crippen MR) is 93.5 cm³/mol. The molecular formula is C20H15F2N3O. The number of hydrogen-bond donors (Lipinski definition) is 0. The van der Waals surface area contributed by atoms with Crippen LogP contribution in [0.5, 0.6) is 0 Å². The molecule has 4 nitrogen and oxygen atoms in total. The second-order valence-electron chi connectivity index (χ2n) is 6.28. The third-order valence-corrected chi connectivity index (χ3v) is 4.59. The molecule has 3 heterocycles. The van der Waals surface area contributed by atoms with Crippen LogP contribution in [-0.2, 0) is 17.8 Å². The Hall–Kier alpha value is -3.15. The van der Waals surface area contributed by atoms with E-state index in [1.165, 1.54) is 6.07 Å². The summed E-state index contributed by atoms with van der Waals surface area (Å²) in [6.07, 6.45) is 5.26. The maximum atomic E-state index is 13.5. The first kappa shape index (κ1) is 16.3. The van der Waals surface area contributed by atoms with E-state index >= 15 is 0 Å². The normalized spacial score (nSPS) is 13.2. The predicted octanol–water partition coefficient (Wildman–Crippen LogP) is 3.82. The van der Waals surface area contributed by atoms with Crippen LogP contribution in [0.4, 0.5) is 14.5 Å². The molecule has 4 rings (SSSR count). The number of pyridine rings is 2. The second-order valence-corrected chi connectivity index (χ2v) is 6.28. The van der Waals surface area contributed by atoms with Crippen molar-refractivity contribution in [3.63, 3.8) is 0 Å². The van der Waals surface area contributed by atoms with Gasteiger partial charge < -0.3 is 4.90 Å². The largest absolute Gasteiger partial charge is 0.306 e. The van der Waals surface area contributed by atoms with E-state index in [2.05, 4.69) is 9.97 Å². The highest BCUT2D eigenvalue weighted by molar-refractivity contribution is 6.01. The lowest BCUT2D eigenvalue weighted by molar-refractivity contribution is -0.117. The van der Waals surface area contributed by atoms with Gasteiger partial charge in [0.15, 0.2) is 11.6 Å². The van der Waals surface area contributed by atoms with Gasteiger partial charge in [0.05, 0.1) is 24.3 Å². The maximum absolute atomic E-state index is 13.5. The van der Waals surface area contributed by atoms with Crippen LogP contribution >= 0.6 is 0 Å². The van der Waals surface area contributed by atoms with Crippen LogP contribution in [0.15, 0.2) is 48.9 Å². The number of halogens is 2. The molecule has 6 heteroatoms. The van der Waals surface area contributed by atoms with E-state index < -0.39 is 11.6 Å². The molecule has 3 aromatic rings. The molecule has 26 heavy (non-hydrogen) atoms. The Balaban J connectivity index is 1.72. The lowest BCUT2D eigenvalue weighted by atomic mass is 10.1. The van der Waals surface area contributed by atoms with E-state index in [-0.39, 0.29) is 12.3 Å². The monoisotopic (exact) mass is 351 g/mol.